The van der Waals surface area contributed by atoms with Crippen LogP contribution >= 0.6 is 0 Å². The molecule has 0 amide bonds. The van der Waals surface area contributed by atoms with Gasteiger partial charge in [-0.25, -0.2) is 4.98 Å². The average molecular weight is 278 g/mol. The van der Waals surface area contributed by atoms with E-state index in [1.807, 2.05) is 13.0 Å². The Morgan fingerprint density at radius 1 is 1.25 bits per heavy atom. The standard InChI is InChI=1S/C15H26N4O/c1-11-10-13(20-5)18-14(16-11)17-12-6-8-19(9-7-12)15(2,3)4/h10,12H,6-9H2,1-5H3,(H,16,17,18). The van der Waals surface area contributed by atoms with Gasteiger partial charge in [0.25, 0.3) is 0 Å². The SMILES string of the molecule is COc1cc(C)nc(NC2CCN(C(C)(C)C)CC2)n1. The summed E-state index contributed by atoms with van der Waals surface area (Å²) < 4.78 is 5.19. The largest absolute Gasteiger partial charge is 0.481 e. The maximum Gasteiger partial charge on any atom is 0.226 e. The Bertz CT molecular complexity index is 448. The Balaban J connectivity index is 1.94. The number of ether oxygens (including phenoxy) is 1. The topological polar surface area (TPSA) is 50.3 Å². The molecule has 1 aromatic rings. The molecule has 20 heavy (non-hydrogen) atoms. The summed E-state index contributed by atoms with van der Waals surface area (Å²) in [7, 11) is 1.63. The van der Waals surface area contributed by atoms with Crippen LogP contribution in [0.3, 0.4) is 0 Å². The third-order valence-corrected chi connectivity index (χ3v) is 3.82. The maximum absolute atomic E-state index is 5.19. The Morgan fingerprint density at radius 3 is 2.45 bits per heavy atom. The number of rotatable bonds is 3. The number of hydrogen-bond donors (Lipinski definition) is 1. The minimum absolute atomic E-state index is 0.258. The number of likely N-dealkylation sites (tertiary alicyclic amines) is 1. The van der Waals surface area contributed by atoms with Crippen molar-refractivity contribution in [1.29, 1.82) is 0 Å². The number of methoxy groups -OCH3 is 1. The van der Waals surface area contributed by atoms with Gasteiger partial charge in [-0.05, 0) is 40.5 Å². The molecule has 1 aromatic heterocycles. The first kappa shape index (κ1) is 15.0. The smallest absolute Gasteiger partial charge is 0.226 e. The second kappa shape index (κ2) is 5.95. The molecule has 1 fully saturated rings. The van der Waals surface area contributed by atoms with E-state index in [-0.39, 0.29) is 5.54 Å². The molecule has 1 aliphatic rings. The molecule has 0 aliphatic carbocycles. The molecule has 0 spiro atoms. The van der Waals surface area contributed by atoms with E-state index in [1.54, 1.807) is 7.11 Å². The van der Waals surface area contributed by atoms with Crippen molar-refractivity contribution in [3.63, 3.8) is 0 Å². The zero-order valence-corrected chi connectivity index (χ0v) is 13.2. The highest BCUT2D eigenvalue weighted by atomic mass is 16.5. The molecule has 0 radical (unpaired) electrons. The number of piperidine rings is 1. The van der Waals surface area contributed by atoms with Gasteiger partial charge in [0.15, 0.2) is 0 Å². The van der Waals surface area contributed by atoms with Crippen molar-refractivity contribution in [2.24, 2.45) is 0 Å². The highest BCUT2D eigenvalue weighted by Crippen LogP contribution is 2.22. The van der Waals surface area contributed by atoms with Gasteiger partial charge in [0.1, 0.15) is 0 Å². The molecular weight excluding hydrogens is 252 g/mol. The number of aromatic nitrogens is 2. The van der Waals surface area contributed by atoms with E-state index in [0.717, 1.165) is 31.6 Å². The summed E-state index contributed by atoms with van der Waals surface area (Å²) in [4.78, 5) is 11.3. The predicted molar refractivity (Wildman–Crippen MR) is 81.3 cm³/mol. The molecule has 2 rings (SSSR count). The van der Waals surface area contributed by atoms with Crippen molar-refractivity contribution in [3.8, 4) is 5.88 Å². The van der Waals surface area contributed by atoms with Crippen molar-refractivity contribution in [3.05, 3.63) is 11.8 Å². The maximum atomic E-state index is 5.19. The van der Waals surface area contributed by atoms with Crippen LogP contribution in [0.4, 0.5) is 5.95 Å². The average Bonchev–Trinajstić information content (AvgIpc) is 2.37. The van der Waals surface area contributed by atoms with Gasteiger partial charge in [0.05, 0.1) is 7.11 Å². The van der Waals surface area contributed by atoms with Gasteiger partial charge in [-0.2, -0.15) is 4.98 Å². The molecule has 0 unspecified atom stereocenters. The van der Waals surface area contributed by atoms with Crippen molar-refractivity contribution in [2.75, 3.05) is 25.5 Å². The zero-order valence-electron chi connectivity index (χ0n) is 13.2. The van der Waals surface area contributed by atoms with E-state index in [9.17, 15) is 0 Å². The van der Waals surface area contributed by atoms with Gasteiger partial charge in [-0.15, -0.1) is 0 Å². The molecule has 5 heteroatoms. The van der Waals surface area contributed by atoms with Crippen molar-refractivity contribution >= 4 is 5.95 Å². The summed E-state index contributed by atoms with van der Waals surface area (Å²) in [6.07, 6.45) is 2.24. The van der Waals surface area contributed by atoms with Crippen LogP contribution in [0.2, 0.25) is 0 Å². The quantitative estimate of drug-likeness (QED) is 0.920. The lowest BCUT2D eigenvalue weighted by Crippen LogP contribution is -2.48. The summed E-state index contributed by atoms with van der Waals surface area (Å²) in [5.74, 6) is 1.29. The Morgan fingerprint density at radius 2 is 1.90 bits per heavy atom. The molecule has 0 saturated carbocycles. The normalized spacial score (nSPS) is 18.1. The lowest BCUT2D eigenvalue weighted by molar-refractivity contribution is 0.106. The fourth-order valence-electron chi connectivity index (χ4n) is 2.59. The van der Waals surface area contributed by atoms with Crippen LogP contribution in [0.1, 0.15) is 39.3 Å². The van der Waals surface area contributed by atoms with Gasteiger partial charge in [-0.1, -0.05) is 0 Å². The number of nitrogens with one attached hydrogen (secondary N) is 1. The molecule has 1 aliphatic heterocycles. The highest BCUT2D eigenvalue weighted by molar-refractivity contribution is 5.31. The molecule has 0 atom stereocenters. The first-order chi connectivity index (χ1) is 9.38. The second-order valence-electron chi connectivity index (χ2n) is 6.45. The molecule has 1 N–H and O–H groups in total. The number of aryl methyl sites for hydroxylation is 1. The minimum atomic E-state index is 0.258. The predicted octanol–water partition coefficient (Wildman–Crippen LogP) is 2.47. The van der Waals surface area contributed by atoms with Crippen molar-refractivity contribution in [2.45, 2.75) is 52.1 Å². The summed E-state index contributed by atoms with van der Waals surface area (Å²) >= 11 is 0. The Hall–Kier alpha value is -1.36. The van der Waals surface area contributed by atoms with Gasteiger partial charge in [0.2, 0.25) is 11.8 Å². The van der Waals surface area contributed by atoms with Crippen molar-refractivity contribution < 1.29 is 4.74 Å². The van der Waals surface area contributed by atoms with Crippen molar-refractivity contribution in [1.82, 2.24) is 14.9 Å². The van der Waals surface area contributed by atoms with E-state index < -0.39 is 0 Å². The highest BCUT2D eigenvalue weighted by Gasteiger charge is 2.27. The van der Waals surface area contributed by atoms with Gasteiger partial charge >= 0.3 is 0 Å². The van der Waals surface area contributed by atoms with Crippen LogP contribution in [-0.4, -0.2) is 46.6 Å². The molecule has 1 saturated heterocycles. The third-order valence-electron chi connectivity index (χ3n) is 3.82. The summed E-state index contributed by atoms with van der Waals surface area (Å²) in [5.41, 5.74) is 1.18. The van der Waals surface area contributed by atoms with E-state index >= 15 is 0 Å². The Labute approximate surface area is 121 Å². The number of anilines is 1. The summed E-state index contributed by atoms with van der Waals surface area (Å²) in [5, 5.41) is 3.44. The lowest BCUT2D eigenvalue weighted by atomic mass is 9.98. The Kier molecular flexibility index (Phi) is 4.48. The fraction of sp³-hybridized carbons (Fsp3) is 0.733. The molecule has 2 heterocycles. The second-order valence-corrected chi connectivity index (χ2v) is 6.45. The lowest BCUT2D eigenvalue weighted by Gasteiger charge is -2.41. The molecule has 5 nitrogen and oxygen atoms in total. The first-order valence-corrected chi connectivity index (χ1v) is 7.30. The van der Waals surface area contributed by atoms with E-state index in [4.69, 9.17) is 4.74 Å². The molecule has 112 valence electrons. The molecule has 0 bridgehead atoms. The minimum Gasteiger partial charge on any atom is -0.481 e. The van der Waals surface area contributed by atoms with Gasteiger partial charge < -0.3 is 10.1 Å². The number of nitrogens with zero attached hydrogens (tertiary/aromatic N) is 3. The summed E-state index contributed by atoms with van der Waals surface area (Å²) in [6.45, 7) is 11.0. The van der Waals surface area contributed by atoms with E-state index in [0.29, 0.717) is 17.9 Å². The van der Waals surface area contributed by atoms with Crippen LogP contribution < -0.4 is 10.1 Å². The van der Waals surface area contributed by atoms with Crippen LogP contribution in [0.5, 0.6) is 5.88 Å². The molecular formula is C15H26N4O. The van der Waals surface area contributed by atoms with Crippen LogP contribution in [0.25, 0.3) is 0 Å². The number of hydrogen-bond acceptors (Lipinski definition) is 5. The monoisotopic (exact) mass is 278 g/mol. The van der Waals surface area contributed by atoms with Crippen LogP contribution in [0.15, 0.2) is 6.07 Å². The van der Waals surface area contributed by atoms with E-state index in [1.165, 1.54) is 0 Å². The van der Waals surface area contributed by atoms with Crippen LogP contribution in [0, 0.1) is 6.92 Å². The third kappa shape index (κ3) is 3.82. The summed E-state index contributed by atoms with van der Waals surface area (Å²) in [6, 6.07) is 2.29. The van der Waals surface area contributed by atoms with Crippen LogP contribution in [-0.2, 0) is 0 Å². The fourth-order valence-corrected chi connectivity index (χ4v) is 2.59. The van der Waals surface area contributed by atoms with E-state index in [2.05, 4.69) is 41.0 Å². The molecule has 0 aromatic carbocycles. The van der Waals surface area contributed by atoms with Gasteiger partial charge in [0, 0.05) is 36.4 Å². The van der Waals surface area contributed by atoms with Gasteiger partial charge in [-0.3, -0.25) is 4.90 Å². The zero-order chi connectivity index (χ0) is 14.8. The first-order valence-electron chi connectivity index (χ1n) is 7.30.